The van der Waals surface area contributed by atoms with Gasteiger partial charge >= 0.3 is 0 Å². The Morgan fingerprint density at radius 1 is 1.29 bits per heavy atom. The lowest BCUT2D eigenvalue weighted by Gasteiger charge is -2.04. The quantitative estimate of drug-likeness (QED) is 0.777. The smallest absolute Gasteiger partial charge is 0.111 e. The van der Waals surface area contributed by atoms with Gasteiger partial charge in [0.2, 0.25) is 0 Å². The van der Waals surface area contributed by atoms with Crippen molar-refractivity contribution in [2.45, 2.75) is 44.8 Å². The van der Waals surface area contributed by atoms with E-state index in [4.69, 9.17) is 5.11 Å². The van der Waals surface area contributed by atoms with Crippen molar-refractivity contribution >= 4 is 0 Å². The Hall–Kier alpha value is -0.900. The molecule has 4 nitrogen and oxygen atoms in total. The second kappa shape index (κ2) is 3.05. The van der Waals surface area contributed by atoms with Crippen molar-refractivity contribution in [1.82, 2.24) is 15.0 Å². The van der Waals surface area contributed by atoms with Gasteiger partial charge in [0.15, 0.2) is 0 Å². The van der Waals surface area contributed by atoms with Gasteiger partial charge in [-0.1, -0.05) is 5.21 Å². The molecule has 2 aliphatic carbocycles. The van der Waals surface area contributed by atoms with Crippen LogP contribution in [0.2, 0.25) is 0 Å². The Morgan fingerprint density at radius 3 is 2.64 bits per heavy atom. The van der Waals surface area contributed by atoms with Gasteiger partial charge in [0.1, 0.15) is 5.69 Å². The monoisotopic (exact) mass is 193 g/mol. The van der Waals surface area contributed by atoms with E-state index < -0.39 is 0 Å². The molecule has 2 saturated carbocycles. The van der Waals surface area contributed by atoms with Gasteiger partial charge in [0.05, 0.1) is 18.3 Å². The van der Waals surface area contributed by atoms with E-state index in [1.54, 1.807) is 0 Å². The van der Waals surface area contributed by atoms with E-state index in [9.17, 15) is 0 Å². The maximum absolute atomic E-state index is 9.15. The molecule has 14 heavy (non-hydrogen) atoms. The highest BCUT2D eigenvalue weighted by molar-refractivity contribution is 5.13. The molecule has 0 aromatic carbocycles. The van der Waals surface area contributed by atoms with Crippen molar-refractivity contribution in [3.63, 3.8) is 0 Å². The van der Waals surface area contributed by atoms with Crippen LogP contribution in [-0.2, 0) is 13.0 Å². The topological polar surface area (TPSA) is 50.9 Å². The number of aliphatic hydroxyl groups excluding tert-OH is 1. The predicted molar refractivity (Wildman–Crippen MR) is 50.6 cm³/mol. The van der Waals surface area contributed by atoms with Crippen LogP contribution in [0.3, 0.4) is 0 Å². The van der Waals surface area contributed by atoms with Crippen LogP contribution in [0.15, 0.2) is 0 Å². The lowest BCUT2D eigenvalue weighted by atomic mass is 10.2. The minimum absolute atomic E-state index is 0.0365. The third kappa shape index (κ3) is 1.43. The first kappa shape index (κ1) is 8.41. The van der Waals surface area contributed by atoms with Gasteiger partial charge in [0, 0.05) is 0 Å². The Balaban J connectivity index is 1.88. The second-order valence-corrected chi connectivity index (χ2v) is 4.46. The third-order valence-electron chi connectivity index (χ3n) is 3.09. The lowest BCUT2D eigenvalue weighted by molar-refractivity contribution is 0.275. The zero-order valence-electron chi connectivity index (χ0n) is 8.19. The van der Waals surface area contributed by atoms with E-state index in [-0.39, 0.29) is 6.61 Å². The maximum Gasteiger partial charge on any atom is 0.111 e. The summed E-state index contributed by atoms with van der Waals surface area (Å²) < 4.78 is 2.05. The number of aromatic nitrogens is 3. The first-order chi connectivity index (χ1) is 6.88. The maximum atomic E-state index is 9.15. The van der Waals surface area contributed by atoms with Gasteiger partial charge in [-0.2, -0.15) is 0 Å². The van der Waals surface area contributed by atoms with Crippen molar-refractivity contribution in [3.8, 4) is 0 Å². The molecule has 0 saturated heterocycles. The number of hydrogen-bond donors (Lipinski definition) is 1. The van der Waals surface area contributed by atoms with Crippen LogP contribution in [0.25, 0.3) is 0 Å². The largest absolute Gasteiger partial charge is 0.390 e. The molecule has 0 spiro atoms. The molecule has 1 aromatic heterocycles. The average Bonchev–Trinajstić information content (AvgIpc) is 3.06. The molecule has 1 aromatic rings. The molecule has 2 aliphatic rings. The molecule has 0 bridgehead atoms. The van der Waals surface area contributed by atoms with E-state index >= 15 is 0 Å². The molecule has 0 amide bonds. The fourth-order valence-corrected chi connectivity index (χ4v) is 1.89. The predicted octanol–water partition coefficient (Wildman–Crippen LogP) is 1.06. The molecule has 3 rings (SSSR count). The second-order valence-electron chi connectivity index (χ2n) is 4.46. The molecule has 2 fully saturated rings. The number of hydrogen-bond acceptors (Lipinski definition) is 3. The summed E-state index contributed by atoms with van der Waals surface area (Å²) >= 11 is 0. The Bertz CT molecular complexity index is 339. The fraction of sp³-hybridized carbons (Fsp3) is 0.800. The summed E-state index contributed by atoms with van der Waals surface area (Å²) in [6, 6.07) is 0.580. The third-order valence-corrected chi connectivity index (χ3v) is 3.09. The summed E-state index contributed by atoms with van der Waals surface area (Å²) in [5.74, 6) is 0.830. The zero-order chi connectivity index (χ0) is 9.54. The zero-order valence-corrected chi connectivity index (χ0v) is 8.19. The van der Waals surface area contributed by atoms with Crippen LogP contribution >= 0.6 is 0 Å². The summed E-state index contributed by atoms with van der Waals surface area (Å²) in [5.41, 5.74) is 1.99. The molecule has 0 unspecified atom stereocenters. The highest BCUT2D eigenvalue weighted by Gasteiger charge is 2.31. The van der Waals surface area contributed by atoms with Crippen molar-refractivity contribution in [1.29, 1.82) is 0 Å². The summed E-state index contributed by atoms with van der Waals surface area (Å²) in [7, 11) is 0. The van der Waals surface area contributed by atoms with Gasteiger partial charge in [-0.25, -0.2) is 4.68 Å². The normalized spacial score (nSPS) is 21.5. The number of aliphatic hydroxyl groups is 1. The number of rotatable bonds is 4. The van der Waals surface area contributed by atoms with Crippen molar-refractivity contribution in [2.24, 2.45) is 5.92 Å². The Morgan fingerprint density at radius 2 is 2.07 bits per heavy atom. The van der Waals surface area contributed by atoms with E-state index in [2.05, 4.69) is 10.3 Å². The van der Waals surface area contributed by atoms with Crippen molar-refractivity contribution in [2.75, 3.05) is 0 Å². The minimum Gasteiger partial charge on any atom is -0.390 e. The summed E-state index contributed by atoms with van der Waals surface area (Å²) in [5, 5.41) is 17.3. The highest BCUT2D eigenvalue weighted by Crippen LogP contribution is 2.38. The first-order valence-electron chi connectivity index (χ1n) is 5.42. The average molecular weight is 193 g/mol. The van der Waals surface area contributed by atoms with Crippen molar-refractivity contribution in [3.05, 3.63) is 11.4 Å². The van der Waals surface area contributed by atoms with Crippen LogP contribution in [0, 0.1) is 5.92 Å². The SMILES string of the molecule is OCc1nnn(C2CC2)c1CC1CC1. The summed E-state index contributed by atoms with van der Waals surface area (Å²) in [6.07, 6.45) is 6.19. The molecule has 4 heteroatoms. The fourth-order valence-electron chi connectivity index (χ4n) is 1.89. The standard InChI is InChI=1S/C10H15N3O/c14-6-9-10(5-7-1-2-7)13(12-11-9)8-3-4-8/h7-8,14H,1-6H2. The van der Waals surface area contributed by atoms with E-state index in [1.807, 2.05) is 4.68 Å². The van der Waals surface area contributed by atoms with Gasteiger partial charge in [-0.3, -0.25) is 0 Å². The van der Waals surface area contributed by atoms with Crippen molar-refractivity contribution < 1.29 is 5.11 Å². The Labute approximate surface area is 82.9 Å². The molecule has 76 valence electrons. The minimum atomic E-state index is 0.0365. The summed E-state index contributed by atoms with van der Waals surface area (Å²) in [6.45, 7) is 0.0365. The highest BCUT2D eigenvalue weighted by atomic mass is 16.3. The van der Waals surface area contributed by atoms with Gasteiger partial charge in [-0.15, -0.1) is 5.10 Å². The van der Waals surface area contributed by atoms with Gasteiger partial charge in [-0.05, 0) is 38.0 Å². The molecule has 1 heterocycles. The lowest BCUT2D eigenvalue weighted by Crippen LogP contribution is -2.05. The molecule has 0 atom stereocenters. The Kier molecular flexibility index (Phi) is 1.83. The van der Waals surface area contributed by atoms with Crippen LogP contribution in [0.5, 0.6) is 0 Å². The van der Waals surface area contributed by atoms with Gasteiger partial charge in [0.25, 0.3) is 0 Å². The van der Waals surface area contributed by atoms with Gasteiger partial charge < -0.3 is 5.11 Å². The summed E-state index contributed by atoms with van der Waals surface area (Å²) in [4.78, 5) is 0. The molecular formula is C10H15N3O. The van der Waals surface area contributed by atoms with E-state index in [1.165, 1.54) is 31.4 Å². The number of nitrogens with zero attached hydrogens (tertiary/aromatic N) is 3. The van der Waals surface area contributed by atoms with Crippen LogP contribution in [0.4, 0.5) is 0 Å². The van der Waals surface area contributed by atoms with Crippen LogP contribution in [-0.4, -0.2) is 20.1 Å². The molecule has 1 N–H and O–H groups in total. The molecular weight excluding hydrogens is 178 g/mol. The van der Waals surface area contributed by atoms with E-state index in [0.29, 0.717) is 6.04 Å². The molecule has 0 radical (unpaired) electrons. The van der Waals surface area contributed by atoms with E-state index in [0.717, 1.165) is 18.0 Å². The first-order valence-corrected chi connectivity index (χ1v) is 5.42. The molecule has 0 aliphatic heterocycles. The van der Waals surface area contributed by atoms with Crippen LogP contribution in [0.1, 0.15) is 43.1 Å². The van der Waals surface area contributed by atoms with Crippen LogP contribution < -0.4 is 0 Å².